The molecule has 3 rings (SSSR count). The lowest BCUT2D eigenvalue weighted by Crippen LogP contribution is -2.25. The van der Waals surface area contributed by atoms with Gasteiger partial charge in [0.05, 0.1) is 24.3 Å². The van der Waals surface area contributed by atoms with Crippen molar-refractivity contribution < 1.29 is 9.59 Å². The molecule has 0 atom stereocenters. The Morgan fingerprint density at radius 1 is 1.04 bits per heavy atom. The molecule has 0 bridgehead atoms. The van der Waals surface area contributed by atoms with Crippen molar-refractivity contribution in [1.82, 2.24) is 15.1 Å². The predicted molar refractivity (Wildman–Crippen MR) is 103 cm³/mol. The van der Waals surface area contributed by atoms with Crippen LogP contribution in [0, 0.1) is 12.3 Å². The molecule has 3 aromatic rings. The highest BCUT2D eigenvalue weighted by Crippen LogP contribution is 2.16. The number of hydrogen-bond donors (Lipinski definition) is 2. The second kappa shape index (κ2) is 8.50. The standard InChI is InChI=1S/C21H18N4O2/c1-2-12-22-21(27)18-6-3-4-7-19(18)24-20(26)17-10-8-16(9-11-17)15-25-14-5-13-23-25/h1,3-11,13-14H,12,15H2,(H,22,27)(H,24,26). The third kappa shape index (κ3) is 4.61. The van der Waals surface area contributed by atoms with Crippen molar-refractivity contribution in [3.63, 3.8) is 0 Å². The Kier molecular flexibility index (Phi) is 5.65. The Hall–Kier alpha value is -3.85. The van der Waals surface area contributed by atoms with E-state index in [1.807, 2.05) is 24.4 Å². The van der Waals surface area contributed by atoms with Gasteiger partial charge in [0.1, 0.15) is 0 Å². The maximum atomic E-state index is 12.5. The van der Waals surface area contributed by atoms with E-state index in [4.69, 9.17) is 6.42 Å². The van der Waals surface area contributed by atoms with Crippen LogP contribution >= 0.6 is 0 Å². The zero-order valence-electron chi connectivity index (χ0n) is 14.6. The van der Waals surface area contributed by atoms with Crippen LogP contribution in [0.1, 0.15) is 26.3 Å². The molecule has 1 heterocycles. The summed E-state index contributed by atoms with van der Waals surface area (Å²) in [5.41, 5.74) is 2.32. The zero-order valence-corrected chi connectivity index (χ0v) is 14.6. The number of hydrogen-bond acceptors (Lipinski definition) is 3. The van der Waals surface area contributed by atoms with Crippen molar-refractivity contribution in [3.05, 3.63) is 83.7 Å². The molecule has 0 radical (unpaired) electrons. The topological polar surface area (TPSA) is 76.0 Å². The number of carbonyl (C=O) groups excluding carboxylic acids is 2. The molecule has 0 unspecified atom stereocenters. The fourth-order valence-electron chi connectivity index (χ4n) is 2.55. The van der Waals surface area contributed by atoms with Gasteiger partial charge in [-0.15, -0.1) is 6.42 Å². The molecule has 6 heteroatoms. The van der Waals surface area contributed by atoms with E-state index >= 15 is 0 Å². The van der Waals surface area contributed by atoms with Crippen LogP contribution in [-0.4, -0.2) is 28.1 Å². The van der Waals surface area contributed by atoms with Crippen LogP contribution < -0.4 is 10.6 Å². The third-order valence-corrected chi connectivity index (χ3v) is 3.89. The minimum Gasteiger partial charge on any atom is -0.341 e. The number of benzene rings is 2. The fourth-order valence-corrected chi connectivity index (χ4v) is 2.55. The Morgan fingerprint density at radius 3 is 2.52 bits per heavy atom. The van der Waals surface area contributed by atoms with E-state index in [1.54, 1.807) is 47.3 Å². The van der Waals surface area contributed by atoms with E-state index in [1.165, 1.54) is 0 Å². The number of amides is 2. The smallest absolute Gasteiger partial charge is 0.255 e. The Bertz CT molecular complexity index is 970. The summed E-state index contributed by atoms with van der Waals surface area (Å²) in [7, 11) is 0. The Labute approximate surface area is 157 Å². The van der Waals surface area contributed by atoms with Crippen molar-refractivity contribution >= 4 is 17.5 Å². The number of para-hydroxylation sites is 1. The lowest BCUT2D eigenvalue weighted by Gasteiger charge is -2.11. The lowest BCUT2D eigenvalue weighted by atomic mass is 10.1. The molecule has 6 nitrogen and oxygen atoms in total. The summed E-state index contributed by atoms with van der Waals surface area (Å²) >= 11 is 0. The van der Waals surface area contributed by atoms with Gasteiger partial charge in [-0.25, -0.2) is 0 Å². The first-order valence-corrected chi connectivity index (χ1v) is 8.36. The molecular weight excluding hydrogens is 340 g/mol. The molecule has 0 spiro atoms. The molecule has 0 aliphatic heterocycles. The van der Waals surface area contributed by atoms with Gasteiger partial charge >= 0.3 is 0 Å². The molecule has 2 amide bonds. The zero-order chi connectivity index (χ0) is 19.1. The summed E-state index contributed by atoms with van der Waals surface area (Å²) < 4.78 is 1.81. The molecule has 0 fully saturated rings. The second-order valence-corrected chi connectivity index (χ2v) is 5.79. The van der Waals surface area contributed by atoms with E-state index in [0.717, 1.165) is 5.56 Å². The average Bonchev–Trinajstić information content (AvgIpc) is 3.20. The van der Waals surface area contributed by atoms with Crippen LogP contribution in [0.2, 0.25) is 0 Å². The maximum absolute atomic E-state index is 12.5. The van der Waals surface area contributed by atoms with Crippen LogP contribution in [0.4, 0.5) is 5.69 Å². The third-order valence-electron chi connectivity index (χ3n) is 3.89. The molecule has 2 aromatic carbocycles. The van der Waals surface area contributed by atoms with Crippen molar-refractivity contribution in [1.29, 1.82) is 0 Å². The molecule has 1 aromatic heterocycles. The molecular formula is C21H18N4O2. The van der Waals surface area contributed by atoms with E-state index in [0.29, 0.717) is 23.4 Å². The van der Waals surface area contributed by atoms with Gasteiger partial charge in [-0.05, 0) is 35.9 Å². The summed E-state index contributed by atoms with van der Waals surface area (Å²) in [6.07, 6.45) is 8.76. The Balaban J connectivity index is 1.70. The molecule has 2 N–H and O–H groups in total. The van der Waals surface area contributed by atoms with Crippen LogP contribution in [-0.2, 0) is 6.54 Å². The van der Waals surface area contributed by atoms with E-state index in [2.05, 4.69) is 21.7 Å². The van der Waals surface area contributed by atoms with E-state index < -0.39 is 0 Å². The summed E-state index contributed by atoms with van der Waals surface area (Å²) in [5, 5.41) is 9.54. The number of rotatable bonds is 6. The number of nitrogens with zero attached hydrogens (tertiary/aromatic N) is 2. The number of aromatic nitrogens is 2. The first kappa shape index (κ1) is 18.0. The van der Waals surface area contributed by atoms with Gasteiger partial charge in [0.15, 0.2) is 0 Å². The van der Waals surface area contributed by atoms with Gasteiger partial charge in [-0.2, -0.15) is 5.10 Å². The van der Waals surface area contributed by atoms with Crippen molar-refractivity contribution in [2.24, 2.45) is 0 Å². The van der Waals surface area contributed by atoms with Crippen LogP contribution in [0.25, 0.3) is 0 Å². The minimum atomic E-state index is -0.335. The van der Waals surface area contributed by atoms with Crippen molar-refractivity contribution in [3.8, 4) is 12.3 Å². The van der Waals surface area contributed by atoms with Crippen LogP contribution in [0.3, 0.4) is 0 Å². The molecule has 134 valence electrons. The number of anilines is 1. The average molecular weight is 358 g/mol. The first-order valence-electron chi connectivity index (χ1n) is 8.36. The number of nitrogens with one attached hydrogen (secondary N) is 2. The van der Waals surface area contributed by atoms with Gasteiger partial charge in [0.25, 0.3) is 11.8 Å². The fraction of sp³-hybridized carbons (Fsp3) is 0.0952. The molecule has 0 aliphatic rings. The molecule has 27 heavy (non-hydrogen) atoms. The summed E-state index contributed by atoms with van der Waals surface area (Å²) in [6.45, 7) is 0.756. The van der Waals surface area contributed by atoms with E-state index in [9.17, 15) is 9.59 Å². The summed E-state index contributed by atoms with van der Waals surface area (Å²) in [4.78, 5) is 24.7. The van der Waals surface area contributed by atoms with Gasteiger partial charge in [0, 0.05) is 18.0 Å². The van der Waals surface area contributed by atoms with Gasteiger partial charge in [0.2, 0.25) is 0 Å². The van der Waals surface area contributed by atoms with E-state index in [-0.39, 0.29) is 18.4 Å². The summed E-state index contributed by atoms with van der Waals surface area (Å²) in [6, 6.07) is 15.9. The number of terminal acetylenes is 1. The molecule has 0 aliphatic carbocycles. The van der Waals surface area contributed by atoms with Gasteiger partial charge in [-0.1, -0.05) is 30.2 Å². The summed E-state index contributed by atoms with van der Waals surface area (Å²) in [5.74, 6) is 1.72. The van der Waals surface area contributed by atoms with Crippen LogP contribution in [0.15, 0.2) is 67.0 Å². The SMILES string of the molecule is C#CCNC(=O)c1ccccc1NC(=O)c1ccc(Cn2cccn2)cc1. The van der Waals surface area contributed by atoms with Crippen LogP contribution in [0.5, 0.6) is 0 Å². The highest BCUT2D eigenvalue weighted by molar-refractivity contribution is 6.09. The monoisotopic (exact) mass is 358 g/mol. The first-order chi connectivity index (χ1) is 13.2. The van der Waals surface area contributed by atoms with Crippen molar-refractivity contribution in [2.75, 3.05) is 11.9 Å². The largest absolute Gasteiger partial charge is 0.341 e. The van der Waals surface area contributed by atoms with Gasteiger partial charge in [-0.3, -0.25) is 14.3 Å². The predicted octanol–water partition coefficient (Wildman–Crippen LogP) is 2.55. The Morgan fingerprint density at radius 2 is 1.81 bits per heavy atom. The lowest BCUT2D eigenvalue weighted by molar-refractivity contribution is 0.0959. The molecule has 0 saturated heterocycles. The molecule has 0 saturated carbocycles. The maximum Gasteiger partial charge on any atom is 0.255 e. The number of carbonyl (C=O) groups is 2. The quantitative estimate of drug-likeness (QED) is 0.665. The second-order valence-electron chi connectivity index (χ2n) is 5.79. The highest BCUT2D eigenvalue weighted by atomic mass is 16.2. The normalized spacial score (nSPS) is 10.0. The minimum absolute atomic E-state index is 0.124. The van der Waals surface area contributed by atoms with Crippen molar-refractivity contribution in [2.45, 2.75) is 6.54 Å². The van der Waals surface area contributed by atoms with Gasteiger partial charge < -0.3 is 10.6 Å². The highest BCUT2D eigenvalue weighted by Gasteiger charge is 2.13.